The molecule has 1 unspecified atom stereocenters. The maximum Gasteiger partial charge on any atom is 0.225 e. The molecule has 0 aromatic heterocycles. The van der Waals surface area contributed by atoms with Crippen molar-refractivity contribution < 1.29 is 9.53 Å². The van der Waals surface area contributed by atoms with E-state index in [0.717, 1.165) is 12.0 Å². The molecule has 20 heavy (non-hydrogen) atoms. The summed E-state index contributed by atoms with van der Waals surface area (Å²) >= 11 is 6.17. The van der Waals surface area contributed by atoms with Gasteiger partial charge in [0.2, 0.25) is 5.91 Å². The average molecular weight is 299 g/mol. The normalized spacial score (nSPS) is 12.1. The SMILES string of the molecule is CCC(N)Cc1cccc(Cl)c1OCCC(=O)N(C)C. The molecule has 1 aromatic rings. The van der Waals surface area contributed by atoms with Crippen LogP contribution in [-0.4, -0.2) is 37.6 Å². The quantitative estimate of drug-likeness (QED) is 0.841. The third-order valence-corrected chi connectivity index (χ3v) is 3.41. The number of para-hydroxylation sites is 1. The summed E-state index contributed by atoms with van der Waals surface area (Å²) in [5.74, 6) is 0.675. The first-order valence-corrected chi connectivity index (χ1v) is 7.19. The van der Waals surface area contributed by atoms with Crippen LogP contribution in [0.5, 0.6) is 5.75 Å². The Labute approximate surface area is 125 Å². The van der Waals surface area contributed by atoms with E-state index in [1.165, 1.54) is 0 Å². The largest absolute Gasteiger partial charge is 0.491 e. The summed E-state index contributed by atoms with van der Waals surface area (Å²) < 4.78 is 5.70. The Bertz CT molecular complexity index is 449. The lowest BCUT2D eigenvalue weighted by atomic mass is 10.0. The van der Waals surface area contributed by atoms with Crippen LogP contribution in [-0.2, 0) is 11.2 Å². The van der Waals surface area contributed by atoms with Crippen LogP contribution in [0.1, 0.15) is 25.3 Å². The third-order valence-electron chi connectivity index (χ3n) is 3.12. The van der Waals surface area contributed by atoms with Gasteiger partial charge in [0.1, 0.15) is 5.75 Å². The summed E-state index contributed by atoms with van der Waals surface area (Å²) in [6, 6.07) is 5.72. The highest BCUT2D eigenvalue weighted by atomic mass is 35.5. The Morgan fingerprint density at radius 1 is 1.45 bits per heavy atom. The molecule has 0 fully saturated rings. The van der Waals surface area contributed by atoms with Gasteiger partial charge in [0.05, 0.1) is 18.1 Å². The van der Waals surface area contributed by atoms with E-state index in [4.69, 9.17) is 22.1 Å². The van der Waals surface area contributed by atoms with Crippen molar-refractivity contribution in [2.24, 2.45) is 5.73 Å². The molecule has 0 bridgehead atoms. The minimum absolute atomic E-state index is 0.0314. The predicted octanol–water partition coefficient (Wildman–Crippen LogP) is 2.48. The van der Waals surface area contributed by atoms with Gasteiger partial charge in [-0.15, -0.1) is 0 Å². The van der Waals surface area contributed by atoms with Gasteiger partial charge in [-0.1, -0.05) is 30.7 Å². The zero-order valence-corrected chi connectivity index (χ0v) is 13.1. The van der Waals surface area contributed by atoms with E-state index >= 15 is 0 Å². The summed E-state index contributed by atoms with van der Waals surface area (Å²) in [5.41, 5.74) is 6.97. The number of rotatable bonds is 7. The van der Waals surface area contributed by atoms with Crippen LogP contribution >= 0.6 is 11.6 Å². The summed E-state index contributed by atoms with van der Waals surface area (Å²) in [5, 5.41) is 0.558. The summed E-state index contributed by atoms with van der Waals surface area (Å²) in [7, 11) is 3.45. The highest BCUT2D eigenvalue weighted by Gasteiger charge is 2.12. The number of halogens is 1. The Balaban J connectivity index is 2.70. The molecule has 0 aliphatic carbocycles. The first-order valence-electron chi connectivity index (χ1n) is 6.81. The zero-order valence-electron chi connectivity index (χ0n) is 12.4. The van der Waals surface area contributed by atoms with Crippen LogP contribution in [0, 0.1) is 0 Å². The molecule has 0 saturated carbocycles. The maximum absolute atomic E-state index is 11.5. The lowest BCUT2D eigenvalue weighted by Crippen LogP contribution is -2.24. The molecule has 0 aliphatic heterocycles. The first-order chi connectivity index (χ1) is 9.45. The van der Waals surface area contributed by atoms with Gasteiger partial charge in [-0.05, 0) is 24.5 Å². The average Bonchev–Trinajstić information content (AvgIpc) is 2.41. The van der Waals surface area contributed by atoms with E-state index in [9.17, 15) is 4.79 Å². The summed E-state index contributed by atoms with van der Waals surface area (Å²) in [6.45, 7) is 2.36. The van der Waals surface area contributed by atoms with Crippen LogP contribution in [0.4, 0.5) is 0 Å². The van der Waals surface area contributed by atoms with Crippen molar-refractivity contribution in [1.29, 1.82) is 0 Å². The number of amides is 1. The summed E-state index contributed by atoms with van der Waals surface area (Å²) in [6.07, 6.45) is 1.94. The Morgan fingerprint density at radius 3 is 2.75 bits per heavy atom. The van der Waals surface area contributed by atoms with E-state index < -0.39 is 0 Å². The monoisotopic (exact) mass is 298 g/mol. The fraction of sp³-hybridized carbons (Fsp3) is 0.533. The molecule has 4 nitrogen and oxygen atoms in total. The van der Waals surface area contributed by atoms with Gasteiger partial charge < -0.3 is 15.4 Å². The number of benzene rings is 1. The van der Waals surface area contributed by atoms with Gasteiger partial charge >= 0.3 is 0 Å². The zero-order chi connectivity index (χ0) is 15.1. The van der Waals surface area contributed by atoms with E-state index in [1.54, 1.807) is 25.1 Å². The number of hydrogen-bond acceptors (Lipinski definition) is 3. The fourth-order valence-electron chi connectivity index (χ4n) is 1.77. The first kappa shape index (κ1) is 16.8. The minimum Gasteiger partial charge on any atom is -0.491 e. The number of ether oxygens (including phenoxy) is 1. The van der Waals surface area contributed by atoms with Crippen LogP contribution < -0.4 is 10.5 Å². The number of carbonyl (C=O) groups excluding carboxylic acids is 1. The van der Waals surface area contributed by atoms with Crippen molar-refractivity contribution >= 4 is 17.5 Å². The molecule has 1 aromatic carbocycles. The third kappa shape index (κ3) is 5.02. The number of carbonyl (C=O) groups is 1. The van der Waals surface area contributed by atoms with Crippen molar-refractivity contribution in [1.82, 2.24) is 4.90 Å². The molecule has 112 valence electrons. The molecule has 1 amide bonds. The minimum atomic E-state index is 0.0314. The molecule has 5 heteroatoms. The molecule has 0 spiro atoms. The maximum atomic E-state index is 11.5. The molecule has 0 radical (unpaired) electrons. The molecule has 0 heterocycles. The topological polar surface area (TPSA) is 55.6 Å². The number of nitrogens with zero attached hydrogens (tertiary/aromatic N) is 1. The van der Waals surface area contributed by atoms with Gasteiger partial charge in [-0.2, -0.15) is 0 Å². The van der Waals surface area contributed by atoms with E-state index in [0.29, 0.717) is 30.2 Å². The predicted molar refractivity (Wildman–Crippen MR) is 82.2 cm³/mol. The van der Waals surface area contributed by atoms with Gasteiger partial charge in [0.15, 0.2) is 0 Å². The van der Waals surface area contributed by atoms with Gasteiger partial charge in [-0.25, -0.2) is 0 Å². The second kappa shape index (κ2) is 8.12. The Hall–Kier alpha value is -1.26. The lowest BCUT2D eigenvalue weighted by molar-refractivity contribution is -0.129. The van der Waals surface area contributed by atoms with Gasteiger partial charge in [0, 0.05) is 20.1 Å². The lowest BCUT2D eigenvalue weighted by Gasteiger charge is -2.16. The summed E-state index contributed by atoms with van der Waals surface area (Å²) in [4.78, 5) is 13.1. The van der Waals surface area contributed by atoms with Crippen LogP contribution in [0.25, 0.3) is 0 Å². The smallest absolute Gasteiger partial charge is 0.225 e. The molecule has 1 rings (SSSR count). The highest BCUT2D eigenvalue weighted by Crippen LogP contribution is 2.29. The fourth-order valence-corrected chi connectivity index (χ4v) is 2.02. The standard InChI is InChI=1S/C15H23ClN2O2/c1-4-12(17)10-11-6-5-7-13(16)15(11)20-9-8-14(19)18(2)3/h5-7,12H,4,8-10,17H2,1-3H3. The van der Waals surface area contributed by atoms with Gasteiger partial charge in [-0.3, -0.25) is 4.79 Å². The second-order valence-corrected chi connectivity index (χ2v) is 5.39. The molecule has 0 saturated heterocycles. The van der Waals surface area contributed by atoms with Crippen LogP contribution in [0.3, 0.4) is 0 Å². The molecular weight excluding hydrogens is 276 g/mol. The number of hydrogen-bond donors (Lipinski definition) is 1. The van der Waals surface area contributed by atoms with E-state index in [-0.39, 0.29) is 11.9 Å². The van der Waals surface area contributed by atoms with Crippen molar-refractivity contribution in [3.8, 4) is 5.75 Å². The second-order valence-electron chi connectivity index (χ2n) is 4.99. The molecule has 0 aliphatic rings. The highest BCUT2D eigenvalue weighted by molar-refractivity contribution is 6.32. The van der Waals surface area contributed by atoms with Gasteiger partial charge in [0.25, 0.3) is 0 Å². The molecule has 1 atom stereocenters. The van der Waals surface area contributed by atoms with Crippen molar-refractivity contribution in [2.75, 3.05) is 20.7 Å². The van der Waals surface area contributed by atoms with E-state index in [2.05, 4.69) is 0 Å². The molecule has 2 N–H and O–H groups in total. The van der Waals surface area contributed by atoms with E-state index in [1.807, 2.05) is 19.1 Å². The Morgan fingerprint density at radius 2 is 2.15 bits per heavy atom. The van der Waals surface area contributed by atoms with Crippen molar-refractivity contribution in [3.63, 3.8) is 0 Å². The van der Waals surface area contributed by atoms with Crippen LogP contribution in [0.15, 0.2) is 18.2 Å². The number of nitrogens with two attached hydrogens (primary N) is 1. The molecular formula is C15H23ClN2O2. The Kier molecular flexibility index (Phi) is 6.82. The van der Waals surface area contributed by atoms with Crippen molar-refractivity contribution in [3.05, 3.63) is 28.8 Å². The van der Waals surface area contributed by atoms with Crippen molar-refractivity contribution in [2.45, 2.75) is 32.2 Å². The van der Waals surface area contributed by atoms with Crippen LogP contribution in [0.2, 0.25) is 5.02 Å².